The fourth-order valence-electron chi connectivity index (χ4n) is 2.22. The van der Waals surface area contributed by atoms with Crippen LogP contribution in [0.3, 0.4) is 0 Å². The predicted molar refractivity (Wildman–Crippen MR) is 93.0 cm³/mol. The van der Waals surface area contributed by atoms with Crippen LogP contribution in [0.5, 0.6) is 28.7 Å². The third kappa shape index (κ3) is 4.57. The van der Waals surface area contributed by atoms with Crippen LogP contribution in [0.25, 0.3) is 0 Å². The monoisotopic (exact) mass is 338 g/mol. The van der Waals surface area contributed by atoms with Gasteiger partial charge in [0.05, 0.1) is 0 Å². The molecule has 0 aliphatic heterocycles. The van der Waals surface area contributed by atoms with Gasteiger partial charge < -0.3 is 24.8 Å². The van der Waals surface area contributed by atoms with Gasteiger partial charge in [-0.15, -0.1) is 0 Å². The molecule has 0 saturated carbocycles. The Kier molecular flexibility index (Phi) is 4.95. The lowest BCUT2D eigenvalue weighted by Gasteiger charge is -2.11. The van der Waals surface area contributed by atoms with Crippen LogP contribution in [0, 0.1) is 0 Å². The Bertz CT molecular complexity index is 826. The fourth-order valence-corrected chi connectivity index (χ4v) is 2.22. The molecule has 0 spiro atoms. The molecule has 0 fully saturated rings. The number of hydrogen-bond donors (Lipinski definition) is 3. The van der Waals surface area contributed by atoms with Crippen molar-refractivity contribution < 1.29 is 24.8 Å². The molecule has 0 aromatic heterocycles. The lowest BCUT2D eigenvalue weighted by molar-refractivity contribution is 0.282. The van der Waals surface area contributed by atoms with E-state index in [2.05, 4.69) is 0 Å². The Hall–Kier alpha value is -3.34. The zero-order chi connectivity index (χ0) is 17.6. The summed E-state index contributed by atoms with van der Waals surface area (Å²) in [5.41, 5.74) is 1.79. The molecule has 0 heterocycles. The summed E-state index contributed by atoms with van der Waals surface area (Å²) in [5, 5.41) is 28.6. The molecule has 5 nitrogen and oxygen atoms in total. The average molecular weight is 338 g/mol. The standard InChI is InChI=1S/C20H18O5/c21-16-5-1-14(2-6-16)12-24-18-9-10-20(19(23)11-18)25-13-15-3-7-17(22)8-4-15/h1-11,21-23H,12-13H2. The molecule has 0 amide bonds. The van der Waals surface area contributed by atoms with E-state index in [1.807, 2.05) is 0 Å². The molecule has 128 valence electrons. The zero-order valence-electron chi connectivity index (χ0n) is 13.4. The van der Waals surface area contributed by atoms with E-state index in [0.717, 1.165) is 11.1 Å². The maximum atomic E-state index is 10.1. The van der Waals surface area contributed by atoms with Crippen molar-refractivity contribution in [2.45, 2.75) is 13.2 Å². The largest absolute Gasteiger partial charge is 0.508 e. The molecule has 0 unspecified atom stereocenters. The summed E-state index contributed by atoms with van der Waals surface area (Å²) in [6.07, 6.45) is 0. The Balaban J connectivity index is 1.58. The summed E-state index contributed by atoms with van der Waals surface area (Å²) < 4.78 is 11.2. The number of phenols is 3. The van der Waals surface area contributed by atoms with Crippen molar-refractivity contribution >= 4 is 0 Å². The van der Waals surface area contributed by atoms with Gasteiger partial charge in [-0.05, 0) is 47.5 Å². The lowest BCUT2D eigenvalue weighted by Crippen LogP contribution is -1.97. The molecule has 0 atom stereocenters. The van der Waals surface area contributed by atoms with Crippen molar-refractivity contribution in [2.75, 3.05) is 0 Å². The summed E-state index contributed by atoms with van der Waals surface area (Å²) in [5.74, 6) is 1.26. The molecule has 3 N–H and O–H groups in total. The Morgan fingerprint density at radius 3 is 1.64 bits per heavy atom. The zero-order valence-corrected chi connectivity index (χ0v) is 13.4. The van der Waals surface area contributed by atoms with E-state index in [4.69, 9.17) is 9.47 Å². The number of phenolic OH excluding ortho intramolecular Hbond substituents is 3. The van der Waals surface area contributed by atoms with Crippen molar-refractivity contribution in [1.82, 2.24) is 0 Å². The highest BCUT2D eigenvalue weighted by Crippen LogP contribution is 2.31. The maximum absolute atomic E-state index is 10.1. The molecular formula is C20H18O5. The highest BCUT2D eigenvalue weighted by Gasteiger charge is 2.06. The molecule has 0 saturated heterocycles. The molecule has 3 aromatic carbocycles. The molecule has 0 aliphatic carbocycles. The van der Waals surface area contributed by atoms with E-state index in [0.29, 0.717) is 18.1 Å². The van der Waals surface area contributed by atoms with Gasteiger partial charge >= 0.3 is 0 Å². The van der Waals surface area contributed by atoms with Gasteiger partial charge in [0.25, 0.3) is 0 Å². The molecule has 5 heteroatoms. The van der Waals surface area contributed by atoms with Crippen LogP contribution in [0.15, 0.2) is 66.7 Å². The van der Waals surface area contributed by atoms with Crippen LogP contribution in [0.2, 0.25) is 0 Å². The van der Waals surface area contributed by atoms with E-state index >= 15 is 0 Å². The molecule has 3 aromatic rings. The van der Waals surface area contributed by atoms with Crippen molar-refractivity contribution in [3.8, 4) is 28.7 Å². The molecular weight excluding hydrogens is 320 g/mol. The first-order chi connectivity index (χ1) is 12.1. The van der Waals surface area contributed by atoms with Gasteiger partial charge in [-0.3, -0.25) is 0 Å². The summed E-state index contributed by atoms with van der Waals surface area (Å²) in [7, 11) is 0. The third-order valence-electron chi connectivity index (χ3n) is 3.60. The number of rotatable bonds is 6. The van der Waals surface area contributed by atoms with Crippen molar-refractivity contribution in [3.63, 3.8) is 0 Å². The van der Waals surface area contributed by atoms with Crippen LogP contribution in [-0.2, 0) is 13.2 Å². The summed E-state index contributed by atoms with van der Waals surface area (Å²) in [4.78, 5) is 0. The van der Waals surface area contributed by atoms with Crippen LogP contribution in [0.1, 0.15) is 11.1 Å². The molecule has 3 rings (SSSR count). The van der Waals surface area contributed by atoms with Gasteiger partial charge in [-0.25, -0.2) is 0 Å². The highest BCUT2D eigenvalue weighted by atomic mass is 16.5. The van der Waals surface area contributed by atoms with E-state index in [1.54, 1.807) is 60.7 Å². The average Bonchev–Trinajstić information content (AvgIpc) is 2.62. The maximum Gasteiger partial charge on any atom is 0.161 e. The molecule has 0 bridgehead atoms. The first kappa shape index (κ1) is 16.5. The van der Waals surface area contributed by atoms with Crippen molar-refractivity contribution in [2.24, 2.45) is 0 Å². The second-order valence-electron chi connectivity index (χ2n) is 5.54. The minimum atomic E-state index is -0.0121. The van der Waals surface area contributed by atoms with Crippen LogP contribution in [-0.4, -0.2) is 15.3 Å². The van der Waals surface area contributed by atoms with Gasteiger partial charge in [0, 0.05) is 6.07 Å². The van der Waals surface area contributed by atoms with Gasteiger partial charge in [0.1, 0.15) is 30.5 Å². The number of hydrogen-bond acceptors (Lipinski definition) is 5. The Morgan fingerprint density at radius 2 is 1.12 bits per heavy atom. The quantitative estimate of drug-likeness (QED) is 0.634. The summed E-state index contributed by atoms with van der Waals surface area (Å²) in [6, 6.07) is 18.2. The minimum Gasteiger partial charge on any atom is -0.508 e. The topological polar surface area (TPSA) is 79.2 Å². The Labute approximate surface area is 145 Å². The number of aromatic hydroxyl groups is 3. The number of benzene rings is 3. The second-order valence-corrected chi connectivity index (χ2v) is 5.54. The number of ether oxygens (including phenoxy) is 2. The van der Waals surface area contributed by atoms with Gasteiger partial charge in [0.2, 0.25) is 0 Å². The minimum absolute atomic E-state index is 0.0121. The predicted octanol–water partition coefficient (Wildman–Crippen LogP) is 3.96. The lowest BCUT2D eigenvalue weighted by atomic mass is 10.2. The SMILES string of the molecule is Oc1ccc(COc2ccc(OCc3ccc(O)cc3)c(O)c2)cc1. The van der Waals surface area contributed by atoms with E-state index in [9.17, 15) is 15.3 Å². The molecule has 0 aliphatic rings. The van der Waals surface area contributed by atoms with Crippen molar-refractivity contribution in [1.29, 1.82) is 0 Å². The Morgan fingerprint density at radius 1 is 0.600 bits per heavy atom. The highest BCUT2D eigenvalue weighted by molar-refractivity contribution is 5.44. The first-order valence-electron chi connectivity index (χ1n) is 7.74. The molecule has 0 radical (unpaired) electrons. The smallest absolute Gasteiger partial charge is 0.161 e. The molecule has 25 heavy (non-hydrogen) atoms. The van der Waals surface area contributed by atoms with Crippen LogP contribution >= 0.6 is 0 Å². The summed E-state index contributed by atoms with van der Waals surface area (Å²) >= 11 is 0. The first-order valence-corrected chi connectivity index (χ1v) is 7.74. The third-order valence-corrected chi connectivity index (χ3v) is 3.60. The van der Waals surface area contributed by atoms with Crippen LogP contribution in [0.4, 0.5) is 0 Å². The van der Waals surface area contributed by atoms with E-state index in [1.165, 1.54) is 6.07 Å². The normalized spacial score (nSPS) is 10.4. The van der Waals surface area contributed by atoms with Crippen molar-refractivity contribution in [3.05, 3.63) is 77.9 Å². The van der Waals surface area contributed by atoms with Crippen LogP contribution < -0.4 is 9.47 Å². The van der Waals surface area contributed by atoms with Gasteiger partial charge in [-0.1, -0.05) is 24.3 Å². The second kappa shape index (κ2) is 7.49. The fraction of sp³-hybridized carbons (Fsp3) is 0.100. The summed E-state index contributed by atoms with van der Waals surface area (Å²) in [6.45, 7) is 0.606. The van der Waals surface area contributed by atoms with E-state index in [-0.39, 0.29) is 23.9 Å². The van der Waals surface area contributed by atoms with Gasteiger partial charge in [-0.2, -0.15) is 0 Å². The van der Waals surface area contributed by atoms with Gasteiger partial charge in [0.15, 0.2) is 11.5 Å². The van der Waals surface area contributed by atoms with E-state index < -0.39 is 0 Å².